The van der Waals surface area contributed by atoms with E-state index in [2.05, 4.69) is 10.2 Å². The first kappa shape index (κ1) is 22.0. The molecule has 1 fully saturated rings. The first-order valence-electron chi connectivity index (χ1n) is 9.84. The quantitative estimate of drug-likeness (QED) is 0.725. The van der Waals surface area contributed by atoms with Crippen LogP contribution in [0.15, 0.2) is 48.5 Å². The van der Waals surface area contributed by atoms with Crippen molar-refractivity contribution >= 4 is 35.2 Å². The van der Waals surface area contributed by atoms with Crippen LogP contribution in [0.5, 0.6) is 0 Å². The zero-order valence-corrected chi connectivity index (χ0v) is 17.8. The number of benzene rings is 2. The molecule has 1 aliphatic heterocycles. The van der Waals surface area contributed by atoms with Crippen LogP contribution in [-0.4, -0.2) is 47.3 Å². The monoisotopic (exact) mass is 429 g/mol. The lowest BCUT2D eigenvalue weighted by atomic mass is 10.1. The van der Waals surface area contributed by atoms with E-state index >= 15 is 0 Å². The molecular formula is C23H25ClFN3O2. The molecule has 3 rings (SSSR count). The molecule has 30 heavy (non-hydrogen) atoms. The number of carbonyl (C=O) groups is 2. The van der Waals surface area contributed by atoms with Crippen molar-refractivity contribution in [2.45, 2.75) is 26.4 Å². The van der Waals surface area contributed by atoms with Gasteiger partial charge in [-0.15, -0.1) is 0 Å². The Kier molecular flexibility index (Phi) is 7.24. The van der Waals surface area contributed by atoms with Crippen LogP contribution in [-0.2, 0) is 16.1 Å². The number of nitrogens with one attached hydrogen (secondary N) is 1. The molecule has 0 saturated carbocycles. The Labute approximate surface area is 181 Å². The highest BCUT2D eigenvalue weighted by Gasteiger charge is 2.26. The summed E-state index contributed by atoms with van der Waals surface area (Å²) in [5, 5.41) is 3.24. The summed E-state index contributed by atoms with van der Waals surface area (Å²) in [5.74, 6) is -0.520. The van der Waals surface area contributed by atoms with Crippen molar-refractivity contribution in [1.29, 1.82) is 0 Å². The Hall–Kier alpha value is -2.70. The zero-order valence-electron chi connectivity index (χ0n) is 17.1. The molecule has 158 valence electrons. The minimum absolute atomic E-state index is 0.0522. The molecule has 0 unspecified atom stereocenters. The van der Waals surface area contributed by atoms with Gasteiger partial charge in [0.25, 0.3) is 0 Å². The van der Waals surface area contributed by atoms with E-state index in [0.29, 0.717) is 22.8 Å². The van der Waals surface area contributed by atoms with Crippen molar-refractivity contribution in [2.75, 3.05) is 25.0 Å². The first-order valence-corrected chi connectivity index (χ1v) is 10.2. The van der Waals surface area contributed by atoms with Gasteiger partial charge in [-0.3, -0.25) is 14.5 Å². The van der Waals surface area contributed by atoms with E-state index < -0.39 is 0 Å². The van der Waals surface area contributed by atoms with Crippen LogP contribution in [0.3, 0.4) is 0 Å². The summed E-state index contributed by atoms with van der Waals surface area (Å²) in [4.78, 5) is 28.3. The lowest BCUT2D eigenvalue weighted by Gasteiger charge is -2.39. The molecular weight excluding hydrogens is 405 g/mol. The number of halogens is 2. The van der Waals surface area contributed by atoms with Gasteiger partial charge < -0.3 is 10.2 Å². The van der Waals surface area contributed by atoms with Crippen LogP contribution in [0.25, 0.3) is 6.08 Å². The summed E-state index contributed by atoms with van der Waals surface area (Å²) in [5.41, 5.74) is 2.33. The van der Waals surface area contributed by atoms with E-state index in [1.807, 2.05) is 11.8 Å². The maximum atomic E-state index is 13.1. The largest absolute Gasteiger partial charge is 0.334 e. The van der Waals surface area contributed by atoms with Gasteiger partial charge >= 0.3 is 0 Å². The fourth-order valence-electron chi connectivity index (χ4n) is 3.58. The van der Waals surface area contributed by atoms with E-state index in [0.717, 1.165) is 25.2 Å². The molecule has 1 heterocycles. The molecule has 2 aromatic rings. The maximum absolute atomic E-state index is 13.1. The Morgan fingerprint density at radius 3 is 2.60 bits per heavy atom. The fraction of sp³-hybridized carbons (Fsp3) is 0.304. The molecule has 0 spiro atoms. The van der Waals surface area contributed by atoms with Crippen molar-refractivity contribution < 1.29 is 14.0 Å². The van der Waals surface area contributed by atoms with Crippen molar-refractivity contribution in [3.63, 3.8) is 0 Å². The standard InChI is InChI=1S/C23H25ClFN3O2/c1-16-14-27(15-18-3-8-21(25)9-4-18)11-12-28(16)23(30)10-6-19-5-7-20(24)13-22(19)26-17(2)29/h3-10,13,16H,11-12,14-15H2,1-2H3,(H,26,29)/t16-/m1/s1. The SMILES string of the molecule is CC(=O)Nc1cc(Cl)ccc1C=CC(=O)N1CCN(Cc2ccc(F)cc2)C[C@H]1C. The Balaban J connectivity index is 1.61. The van der Waals surface area contributed by atoms with Gasteiger partial charge in [0.05, 0.1) is 0 Å². The third-order valence-corrected chi connectivity index (χ3v) is 5.28. The molecule has 0 bridgehead atoms. The summed E-state index contributed by atoms with van der Waals surface area (Å²) in [7, 11) is 0. The van der Waals surface area contributed by atoms with E-state index in [-0.39, 0.29) is 23.7 Å². The number of carbonyl (C=O) groups excluding carboxylic acids is 2. The minimum Gasteiger partial charge on any atom is -0.334 e. The number of rotatable bonds is 5. The van der Waals surface area contributed by atoms with Crippen LogP contribution < -0.4 is 5.32 Å². The number of amides is 2. The Bertz CT molecular complexity index is 946. The molecule has 1 saturated heterocycles. The third kappa shape index (κ3) is 5.90. The average Bonchev–Trinajstić information content (AvgIpc) is 2.68. The molecule has 1 N–H and O–H groups in total. The number of anilines is 1. The van der Waals surface area contributed by atoms with Gasteiger partial charge in [0.15, 0.2) is 0 Å². The summed E-state index contributed by atoms with van der Waals surface area (Å²) < 4.78 is 13.1. The highest BCUT2D eigenvalue weighted by molar-refractivity contribution is 6.31. The number of hydrogen-bond donors (Lipinski definition) is 1. The molecule has 2 aromatic carbocycles. The minimum atomic E-state index is -0.239. The van der Waals surface area contributed by atoms with Crippen molar-refractivity contribution in [2.24, 2.45) is 0 Å². The lowest BCUT2D eigenvalue weighted by Crippen LogP contribution is -2.53. The van der Waals surface area contributed by atoms with Gasteiger partial charge in [0, 0.05) is 55.9 Å². The molecule has 1 atom stereocenters. The van der Waals surface area contributed by atoms with Gasteiger partial charge in [-0.1, -0.05) is 29.8 Å². The average molecular weight is 430 g/mol. The van der Waals surface area contributed by atoms with Crippen molar-refractivity contribution in [3.8, 4) is 0 Å². The smallest absolute Gasteiger partial charge is 0.246 e. The molecule has 5 nitrogen and oxygen atoms in total. The molecule has 0 radical (unpaired) electrons. The summed E-state index contributed by atoms with van der Waals surface area (Å²) in [6.45, 7) is 6.28. The highest BCUT2D eigenvalue weighted by Crippen LogP contribution is 2.23. The van der Waals surface area contributed by atoms with Gasteiger partial charge in [-0.05, 0) is 48.4 Å². The predicted octanol–water partition coefficient (Wildman–Crippen LogP) is 4.18. The number of nitrogens with zero attached hydrogens (tertiary/aromatic N) is 2. The lowest BCUT2D eigenvalue weighted by molar-refractivity contribution is -0.130. The zero-order chi connectivity index (χ0) is 21.7. The summed E-state index contributed by atoms with van der Waals surface area (Å²) in [6, 6.07) is 11.7. The highest BCUT2D eigenvalue weighted by atomic mass is 35.5. The van der Waals surface area contributed by atoms with Gasteiger partial charge in [0.2, 0.25) is 11.8 Å². The van der Waals surface area contributed by atoms with Gasteiger partial charge in [-0.2, -0.15) is 0 Å². The van der Waals surface area contributed by atoms with E-state index in [4.69, 9.17) is 11.6 Å². The molecule has 0 aromatic heterocycles. The molecule has 1 aliphatic rings. The van der Waals surface area contributed by atoms with Gasteiger partial charge in [-0.25, -0.2) is 4.39 Å². The topological polar surface area (TPSA) is 52.7 Å². The van der Waals surface area contributed by atoms with Crippen LogP contribution in [0, 0.1) is 5.82 Å². The number of piperazine rings is 1. The van der Waals surface area contributed by atoms with Crippen molar-refractivity contribution in [1.82, 2.24) is 9.80 Å². The molecule has 0 aliphatic carbocycles. The normalized spacial score (nSPS) is 17.3. The summed E-state index contributed by atoms with van der Waals surface area (Å²) in [6.07, 6.45) is 3.22. The third-order valence-electron chi connectivity index (χ3n) is 5.05. The fourth-order valence-corrected chi connectivity index (χ4v) is 3.75. The number of hydrogen-bond acceptors (Lipinski definition) is 3. The Morgan fingerprint density at radius 1 is 1.20 bits per heavy atom. The second-order valence-electron chi connectivity index (χ2n) is 7.49. The molecule has 7 heteroatoms. The molecule has 2 amide bonds. The van der Waals surface area contributed by atoms with E-state index in [9.17, 15) is 14.0 Å². The van der Waals surface area contributed by atoms with E-state index in [1.165, 1.54) is 25.1 Å². The first-order chi connectivity index (χ1) is 14.3. The van der Waals surface area contributed by atoms with Crippen LogP contribution in [0.2, 0.25) is 5.02 Å². The Morgan fingerprint density at radius 2 is 1.93 bits per heavy atom. The maximum Gasteiger partial charge on any atom is 0.246 e. The second kappa shape index (κ2) is 9.87. The van der Waals surface area contributed by atoms with Crippen LogP contribution in [0.1, 0.15) is 25.0 Å². The van der Waals surface area contributed by atoms with E-state index in [1.54, 1.807) is 36.4 Å². The van der Waals surface area contributed by atoms with Gasteiger partial charge in [0.1, 0.15) is 5.82 Å². The van der Waals surface area contributed by atoms with Crippen molar-refractivity contribution in [3.05, 3.63) is 70.5 Å². The second-order valence-corrected chi connectivity index (χ2v) is 7.92. The summed E-state index contributed by atoms with van der Waals surface area (Å²) >= 11 is 6.01. The van der Waals surface area contributed by atoms with Crippen LogP contribution >= 0.6 is 11.6 Å². The van der Waals surface area contributed by atoms with Crippen LogP contribution in [0.4, 0.5) is 10.1 Å². The predicted molar refractivity (Wildman–Crippen MR) is 118 cm³/mol.